The van der Waals surface area contributed by atoms with Gasteiger partial charge in [-0.2, -0.15) is 0 Å². The van der Waals surface area contributed by atoms with Crippen LogP contribution >= 0.6 is 0 Å². The van der Waals surface area contributed by atoms with Crippen molar-refractivity contribution >= 4 is 17.2 Å². The van der Waals surface area contributed by atoms with E-state index in [2.05, 4.69) is 22.2 Å². The lowest BCUT2D eigenvalue weighted by Gasteiger charge is -2.06. The minimum Gasteiger partial charge on any atom is -0.334 e. The van der Waals surface area contributed by atoms with Crippen molar-refractivity contribution in [2.24, 2.45) is 0 Å². The summed E-state index contributed by atoms with van der Waals surface area (Å²) < 4.78 is 0. The van der Waals surface area contributed by atoms with Crippen molar-refractivity contribution in [3.05, 3.63) is 56.6 Å². The monoisotopic (exact) mass is 288 g/mol. The van der Waals surface area contributed by atoms with E-state index in [1.54, 1.807) is 0 Å². The maximum Gasteiger partial charge on any atom is 0.376 e. The van der Waals surface area contributed by atoms with E-state index in [4.69, 9.17) is 0 Å². The summed E-state index contributed by atoms with van der Waals surface area (Å²) in [5.74, 6) is -0.0648. The highest BCUT2D eigenvalue weighted by Crippen LogP contribution is 2.21. The van der Waals surface area contributed by atoms with Crippen LogP contribution in [0.15, 0.2) is 35.4 Å². The molecule has 2 N–H and O–H groups in total. The number of nitrogens with zero attached hydrogens (tertiary/aromatic N) is 2. The third-order valence-corrected chi connectivity index (χ3v) is 3.05. The maximum atomic E-state index is 11.5. The summed E-state index contributed by atoms with van der Waals surface area (Å²) in [4.78, 5) is 27.6. The Morgan fingerprint density at radius 3 is 2.67 bits per heavy atom. The second kappa shape index (κ2) is 6.65. The molecule has 0 aliphatic rings. The highest BCUT2D eigenvalue weighted by atomic mass is 16.6. The molecule has 21 heavy (non-hydrogen) atoms. The minimum atomic E-state index is -0.780. The lowest BCUT2D eigenvalue weighted by Crippen LogP contribution is -2.14. The summed E-state index contributed by atoms with van der Waals surface area (Å²) in [6, 6.07) is 7.54. The Morgan fingerprint density at radius 1 is 1.33 bits per heavy atom. The maximum absolute atomic E-state index is 11.5. The molecular weight excluding hydrogens is 272 g/mol. The number of nitro groups is 1. The second-order valence-electron chi connectivity index (χ2n) is 4.61. The molecule has 0 bridgehead atoms. The molecule has 0 aliphatic heterocycles. The third kappa shape index (κ3) is 3.65. The number of hydrogen-bond donors (Lipinski definition) is 2. The molecule has 2 aromatic rings. The van der Waals surface area contributed by atoms with Crippen LogP contribution in [0.1, 0.15) is 25.3 Å². The number of nitrogens with one attached hydrogen (secondary N) is 2. The van der Waals surface area contributed by atoms with Crippen LogP contribution in [0.2, 0.25) is 0 Å². The van der Waals surface area contributed by atoms with Crippen LogP contribution in [0.25, 0.3) is 0 Å². The number of H-pyrrole nitrogens is 1. The lowest BCUT2D eigenvalue weighted by atomic mass is 10.1. The first-order valence-electron chi connectivity index (χ1n) is 6.70. The van der Waals surface area contributed by atoms with Gasteiger partial charge in [-0.3, -0.25) is 14.9 Å². The largest absolute Gasteiger partial charge is 0.376 e. The van der Waals surface area contributed by atoms with Gasteiger partial charge in [0.25, 0.3) is 0 Å². The molecule has 1 aromatic carbocycles. The number of anilines is 2. The van der Waals surface area contributed by atoms with E-state index in [1.807, 2.05) is 24.3 Å². The van der Waals surface area contributed by atoms with Gasteiger partial charge in [0.2, 0.25) is 5.82 Å². The molecule has 7 nitrogen and oxygen atoms in total. The Bertz CT molecular complexity index is 679. The van der Waals surface area contributed by atoms with Crippen molar-refractivity contribution in [1.29, 1.82) is 0 Å². The molecule has 0 saturated heterocycles. The van der Waals surface area contributed by atoms with E-state index < -0.39 is 16.2 Å². The van der Waals surface area contributed by atoms with Gasteiger partial charge < -0.3 is 10.3 Å². The van der Waals surface area contributed by atoms with Gasteiger partial charge in [0.1, 0.15) is 0 Å². The van der Waals surface area contributed by atoms with Gasteiger partial charge in [0, 0.05) is 5.69 Å². The van der Waals surface area contributed by atoms with Crippen LogP contribution in [0, 0.1) is 10.1 Å². The number of aromatic nitrogens is 2. The van der Waals surface area contributed by atoms with Gasteiger partial charge in [0.15, 0.2) is 0 Å². The Labute approximate surface area is 121 Å². The number of benzene rings is 1. The Hall–Kier alpha value is -2.70. The number of aromatic amines is 1. The van der Waals surface area contributed by atoms with Crippen LogP contribution in [0.3, 0.4) is 0 Å². The zero-order valence-corrected chi connectivity index (χ0v) is 11.6. The number of unbranched alkanes of at least 4 members (excludes halogenated alkanes) is 1. The van der Waals surface area contributed by atoms with Crippen molar-refractivity contribution < 1.29 is 4.92 Å². The number of hydrogen-bond acceptors (Lipinski definition) is 5. The first kappa shape index (κ1) is 14.7. The standard InChI is InChI=1S/C14H16N4O3/c1-2-3-4-10-5-7-11(8-6-10)17-13-12(18(20)21)14(19)16-9-15-13/h5-9H,2-4H2,1H3,(H2,15,16,17,19). The number of rotatable bonds is 6. The van der Waals surface area contributed by atoms with Gasteiger partial charge in [-0.25, -0.2) is 4.98 Å². The molecule has 0 saturated carbocycles. The van der Waals surface area contributed by atoms with Crippen molar-refractivity contribution in [1.82, 2.24) is 9.97 Å². The first-order valence-corrected chi connectivity index (χ1v) is 6.70. The molecule has 1 aromatic heterocycles. The van der Waals surface area contributed by atoms with Gasteiger partial charge in [0.05, 0.1) is 11.3 Å². The van der Waals surface area contributed by atoms with E-state index >= 15 is 0 Å². The molecule has 0 atom stereocenters. The molecule has 0 radical (unpaired) electrons. The highest BCUT2D eigenvalue weighted by molar-refractivity contribution is 5.64. The average molecular weight is 288 g/mol. The highest BCUT2D eigenvalue weighted by Gasteiger charge is 2.20. The Balaban J connectivity index is 2.21. The van der Waals surface area contributed by atoms with Gasteiger partial charge in [-0.05, 0) is 30.5 Å². The molecule has 0 amide bonds. The second-order valence-corrected chi connectivity index (χ2v) is 4.61. The minimum absolute atomic E-state index is 0.0648. The molecule has 1 heterocycles. The van der Waals surface area contributed by atoms with E-state index in [0.717, 1.165) is 25.6 Å². The molecule has 2 rings (SSSR count). The summed E-state index contributed by atoms with van der Waals surface area (Å²) in [6.45, 7) is 2.13. The average Bonchev–Trinajstić information content (AvgIpc) is 2.46. The summed E-state index contributed by atoms with van der Waals surface area (Å²) >= 11 is 0. The first-order chi connectivity index (χ1) is 10.1. The molecule has 0 aliphatic carbocycles. The summed E-state index contributed by atoms with van der Waals surface area (Å²) in [6.07, 6.45) is 4.38. The third-order valence-electron chi connectivity index (χ3n) is 3.05. The molecular formula is C14H16N4O3. The quantitative estimate of drug-likeness (QED) is 0.628. The lowest BCUT2D eigenvalue weighted by molar-refractivity contribution is -0.385. The van der Waals surface area contributed by atoms with Crippen LogP contribution in [0.5, 0.6) is 0 Å². The fraction of sp³-hybridized carbons (Fsp3) is 0.286. The van der Waals surface area contributed by atoms with Crippen LogP contribution < -0.4 is 10.9 Å². The van der Waals surface area contributed by atoms with Gasteiger partial charge >= 0.3 is 11.2 Å². The predicted octanol–water partition coefficient (Wildman–Crippen LogP) is 2.76. The predicted molar refractivity (Wildman–Crippen MR) is 79.8 cm³/mol. The van der Waals surface area contributed by atoms with Crippen molar-refractivity contribution in [3.63, 3.8) is 0 Å². The van der Waals surface area contributed by atoms with Crippen LogP contribution in [0.4, 0.5) is 17.2 Å². The topological polar surface area (TPSA) is 101 Å². The fourth-order valence-electron chi connectivity index (χ4n) is 1.93. The van der Waals surface area contributed by atoms with Crippen LogP contribution in [-0.2, 0) is 6.42 Å². The molecule has 7 heteroatoms. The molecule has 110 valence electrons. The zero-order chi connectivity index (χ0) is 15.2. The van der Waals surface area contributed by atoms with Crippen molar-refractivity contribution in [2.75, 3.05) is 5.32 Å². The van der Waals surface area contributed by atoms with E-state index in [0.29, 0.717) is 5.69 Å². The van der Waals surface area contributed by atoms with Crippen molar-refractivity contribution in [2.45, 2.75) is 26.2 Å². The molecule has 0 fully saturated rings. The smallest absolute Gasteiger partial charge is 0.334 e. The molecule has 0 unspecified atom stereocenters. The van der Waals surface area contributed by atoms with Crippen molar-refractivity contribution in [3.8, 4) is 0 Å². The van der Waals surface area contributed by atoms with Gasteiger partial charge in [-0.1, -0.05) is 25.5 Å². The number of aryl methyl sites for hydroxylation is 1. The Morgan fingerprint density at radius 2 is 2.05 bits per heavy atom. The van der Waals surface area contributed by atoms with E-state index in [1.165, 1.54) is 5.56 Å². The van der Waals surface area contributed by atoms with Gasteiger partial charge in [-0.15, -0.1) is 0 Å². The summed E-state index contributed by atoms with van der Waals surface area (Å²) in [7, 11) is 0. The van der Waals surface area contributed by atoms with Crippen LogP contribution in [-0.4, -0.2) is 14.9 Å². The van der Waals surface area contributed by atoms with E-state index in [-0.39, 0.29) is 5.82 Å². The van der Waals surface area contributed by atoms with E-state index in [9.17, 15) is 14.9 Å². The fourth-order valence-corrected chi connectivity index (χ4v) is 1.93. The molecule has 0 spiro atoms. The zero-order valence-electron chi connectivity index (χ0n) is 11.6. The normalized spacial score (nSPS) is 10.3. The SMILES string of the molecule is CCCCc1ccc(Nc2nc[nH]c(=O)c2[N+](=O)[O-])cc1. The summed E-state index contributed by atoms with van der Waals surface area (Å²) in [5.41, 5.74) is 0.483. The Kier molecular flexibility index (Phi) is 4.65. The summed E-state index contributed by atoms with van der Waals surface area (Å²) in [5, 5.41) is 13.7.